The van der Waals surface area contributed by atoms with E-state index in [0.29, 0.717) is 6.54 Å². The van der Waals surface area contributed by atoms with Gasteiger partial charge in [-0.2, -0.15) is 0 Å². The van der Waals surface area contributed by atoms with E-state index in [0.717, 1.165) is 19.3 Å². The molecule has 3 nitrogen and oxygen atoms in total. The van der Waals surface area contributed by atoms with Crippen LogP contribution in [0.1, 0.15) is 44.9 Å². The third-order valence-electron chi connectivity index (χ3n) is 4.43. The minimum absolute atomic E-state index is 0.00245. The van der Waals surface area contributed by atoms with Crippen LogP contribution < -0.4 is 11.1 Å². The molecule has 0 saturated heterocycles. The van der Waals surface area contributed by atoms with Crippen molar-refractivity contribution in [2.24, 2.45) is 11.1 Å². The first-order chi connectivity index (χ1) is 8.86. The highest BCUT2D eigenvalue weighted by Crippen LogP contribution is 2.37. The maximum Gasteiger partial charge on any atom is 0.227 e. The van der Waals surface area contributed by atoms with Gasteiger partial charge in [0.1, 0.15) is 0 Å². The highest BCUT2D eigenvalue weighted by Gasteiger charge is 2.43. The van der Waals surface area contributed by atoms with Crippen molar-refractivity contribution < 1.29 is 4.79 Å². The molecule has 2 unspecified atom stereocenters. The summed E-state index contributed by atoms with van der Waals surface area (Å²) in [4.78, 5) is 13.7. The van der Waals surface area contributed by atoms with Gasteiger partial charge in [-0.15, -0.1) is 11.3 Å². The Morgan fingerprint density at radius 3 is 2.89 bits per heavy atom. The highest BCUT2D eigenvalue weighted by molar-refractivity contribution is 7.10. The minimum atomic E-state index is -0.383. The highest BCUT2D eigenvalue weighted by atomic mass is 32.1. The number of rotatable bonds is 4. The van der Waals surface area contributed by atoms with Crippen LogP contribution in [0.2, 0.25) is 0 Å². The second kappa shape index (κ2) is 5.25. The molecule has 0 radical (unpaired) electrons. The van der Waals surface area contributed by atoms with Crippen LogP contribution in [-0.4, -0.2) is 18.5 Å². The van der Waals surface area contributed by atoms with Gasteiger partial charge in [0.15, 0.2) is 0 Å². The molecule has 1 aromatic heterocycles. The summed E-state index contributed by atoms with van der Waals surface area (Å²) in [7, 11) is 0. The third-order valence-corrected chi connectivity index (χ3v) is 5.66. The van der Waals surface area contributed by atoms with Gasteiger partial charge in [0.25, 0.3) is 0 Å². The zero-order valence-electron chi connectivity index (χ0n) is 12.0. The molecule has 4 heteroatoms. The number of nitrogens with two attached hydrogens (primary N) is 1. The van der Waals surface area contributed by atoms with Crippen LogP contribution in [0.15, 0.2) is 17.5 Å². The molecule has 0 aliphatic heterocycles. The van der Waals surface area contributed by atoms with E-state index in [-0.39, 0.29) is 22.8 Å². The molecule has 1 aliphatic rings. The van der Waals surface area contributed by atoms with Gasteiger partial charge in [-0.05, 0) is 31.2 Å². The van der Waals surface area contributed by atoms with Gasteiger partial charge in [-0.25, -0.2) is 0 Å². The number of carbonyl (C=O) groups is 1. The fourth-order valence-corrected chi connectivity index (χ4v) is 3.58. The Balaban J connectivity index is 1.97. The molecule has 1 fully saturated rings. The predicted molar refractivity (Wildman–Crippen MR) is 80.3 cm³/mol. The Hall–Kier alpha value is -0.870. The zero-order chi connectivity index (χ0) is 14.1. The average Bonchev–Trinajstić information content (AvgIpc) is 2.99. The largest absolute Gasteiger partial charge is 0.355 e. The number of hydrogen-bond donors (Lipinski definition) is 2. The molecule has 1 aliphatic carbocycles. The second-order valence-corrected chi connectivity index (χ2v) is 7.41. The van der Waals surface area contributed by atoms with Crippen LogP contribution in [0.5, 0.6) is 0 Å². The van der Waals surface area contributed by atoms with Crippen LogP contribution >= 0.6 is 11.3 Å². The Morgan fingerprint density at radius 2 is 2.37 bits per heavy atom. The molecule has 0 spiro atoms. The van der Waals surface area contributed by atoms with E-state index in [1.807, 2.05) is 6.92 Å². The minimum Gasteiger partial charge on any atom is -0.355 e. The summed E-state index contributed by atoms with van der Waals surface area (Å²) < 4.78 is 0. The lowest BCUT2D eigenvalue weighted by atomic mass is 9.83. The first-order valence-corrected chi connectivity index (χ1v) is 7.82. The number of nitrogens with one attached hydrogen (secondary N) is 1. The molecule has 1 saturated carbocycles. The molecule has 3 N–H and O–H groups in total. The van der Waals surface area contributed by atoms with E-state index in [2.05, 4.69) is 36.7 Å². The van der Waals surface area contributed by atoms with E-state index in [9.17, 15) is 4.79 Å². The fraction of sp³-hybridized carbons (Fsp3) is 0.667. The Kier molecular flexibility index (Phi) is 4.02. The van der Waals surface area contributed by atoms with Crippen LogP contribution in [0.25, 0.3) is 0 Å². The number of amides is 1. The molecule has 2 atom stereocenters. The average molecular weight is 280 g/mol. The van der Waals surface area contributed by atoms with Gasteiger partial charge in [0.2, 0.25) is 5.91 Å². The fourth-order valence-electron chi connectivity index (χ4n) is 2.73. The monoisotopic (exact) mass is 280 g/mol. The van der Waals surface area contributed by atoms with E-state index in [1.54, 1.807) is 11.3 Å². The van der Waals surface area contributed by atoms with Crippen LogP contribution in [0.3, 0.4) is 0 Å². The second-order valence-electron chi connectivity index (χ2n) is 6.46. The Bertz CT molecular complexity index is 441. The molecule has 1 amide bonds. The van der Waals surface area contributed by atoms with Gasteiger partial charge >= 0.3 is 0 Å². The summed E-state index contributed by atoms with van der Waals surface area (Å²) >= 11 is 1.74. The van der Waals surface area contributed by atoms with E-state index >= 15 is 0 Å². The lowest BCUT2D eigenvalue weighted by molar-refractivity contribution is -0.130. The smallest absolute Gasteiger partial charge is 0.227 e. The van der Waals surface area contributed by atoms with Crippen molar-refractivity contribution in [1.29, 1.82) is 0 Å². The van der Waals surface area contributed by atoms with Crippen molar-refractivity contribution in [3.8, 4) is 0 Å². The standard InChI is InChI=1S/C15H24N2OS/c1-14(2,12-7-5-9-19-12)10-17-13(18)15(3)8-4-6-11(15)16/h5,7,9,11H,4,6,8,10,16H2,1-3H3,(H,17,18). The molecule has 0 bridgehead atoms. The van der Waals surface area contributed by atoms with E-state index in [1.165, 1.54) is 4.88 Å². The van der Waals surface area contributed by atoms with Crippen molar-refractivity contribution in [3.63, 3.8) is 0 Å². The van der Waals surface area contributed by atoms with Crippen LogP contribution in [0, 0.1) is 5.41 Å². The summed E-state index contributed by atoms with van der Waals surface area (Å²) in [5, 5.41) is 5.19. The molecule has 0 aromatic carbocycles. The number of thiophene rings is 1. The molecular weight excluding hydrogens is 256 g/mol. The van der Waals surface area contributed by atoms with Gasteiger partial charge < -0.3 is 11.1 Å². The summed E-state index contributed by atoms with van der Waals surface area (Å²) in [5.41, 5.74) is 5.68. The SMILES string of the molecule is CC(C)(CNC(=O)C1(C)CCCC1N)c1cccs1. The van der Waals surface area contributed by atoms with Crippen LogP contribution in [0.4, 0.5) is 0 Å². The van der Waals surface area contributed by atoms with Gasteiger partial charge in [0, 0.05) is 22.9 Å². The van der Waals surface area contributed by atoms with Crippen molar-refractivity contribution >= 4 is 17.2 Å². The normalized spacial score (nSPS) is 27.5. The zero-order valence-corrected chi connectivity index (χ0v) is 12.8. The Labute approximate surface area is 119 Å². The predicted octanol–water partition coefficient (Wildman–Crippen LogP) is 2.66. The molecule has 1 heterocycles. The number of hydrogen-bond acceptors (Lipinski definition) is 3. The third kappa shape index (κ3) is 2.84. The van der Waals surface area contributed by atoms with Crippen molar-refractivity contribution in [2.45, 2.75) is 51.5 Å². The Morgan fingerprint density at radius 1 is 1.63 bits per heavy atom. The molecular formula is C15H24N2OS. The lowest BCUT2D eigenvalue weighted by Gasteiger charge is -2.30. The summed E-state index contributed by atoms with van der Waals surface area (Å²) in [5.74, 6) is 0.113. The number of carbonyl (C=O) groups excluding carboxylic acids is 1. The maximum atomic E-state index is 12.4. The van der Waals surface area contributed by atoms with Gasteiger partial charge in [-0.3, -0.25) is 4.79 Å². The van der Waals surface area contributed by atoms with Crippen molar-refractivity contribution in [1.82, 2.24) is 5.32 Å². The van der Waals surface area contributed by atoms with Crippen molar-refractivity contribution in [2.75, 3.05) is 6.54 Å². The van der Waals surface area contributed by atoms with Gasteiger partial charge in [-0.1, -0.05) is 26.3 Å². The first kappa shape index (κ1) is 14.5. The summed E-state index contributed by atoms with van der Waals surface area (Å²) in [6.45, 7) is 6.98. The quantitative estimate of drug-likeness (QED) is 0.891. The van der Waals surface area contributed by atoms with E-state index < -0.39 is 0 Å². The molecule has 1 aromatic rings. The maximum absolute atomic E-state index is 12.4. The van der Waals surface area contributed by atoms with Gasteiger partial charge in [0.05, 0.1) is 5.41 Å². The molecule has 19 heavy (non-hydrogen) atoms. The lowest BCUT2D eigenvalue weighted by Crippen LogP contribution is -2.49. The van der Waals surface area contributed by atoms with Crippen LogP contribution in [-0.2, 0) is 10.2 Å². The topological polar surface area (TPSA) is 55.1 Å². The summed E-state index contributed by atoms with van der Waals surface area (Å²) in [6.07, 6.45) is 2.91. The first-order valence-electron chi connectivity index (χ1n) is 6.94. The van der Waals surface area contributed by atoms with E-state index in [4.69, 9.17) is 5.73 Å². The van der Waals surface area contributed by atoms with Crippen molar-refractivity contribution in [3.05, 3.63) is 22.4 Å². The molecule has 2 rings (SSSR count). The molecule has 106 valence electrons. The summed E-state index contributed by atoms with van der Waals surface area (Å²) in [6, 6.07) is 4.18.